The number of hydrogen-bond donors (Lipinski definition) is 2. The van der Waals surface area contributed by atoms with Crippen molar-refractivity contribution in [2.75, 3.05) is 13.4 Å². The van der Waals surface area contributed by atoms with Crippen molar-refractivity contribution in [3.05, 3.63) is 65.7 Å². The summed E-state index contributed by atoms with van der Waals surface area (Å²) in [5.74, 6) is 0.252. The molecule has 0 saturated carbocycles. The van der Waals surface area contributed by atoms with Crippen LogP contribution >= 0.6 is 0 Å². The van der Waals surface area contributed by atoms with Gasteiger partial charge >= 0.3 is 11.8 Å². The minimum atomic E-state index is -0.866. The minimum absolute atomic E-state index is 0.171. The van der Waals surface area contributed by atoms with Gasteiger partial charge in [0.25, 0.3) is 0 Å². The van der Waals surface area contributed by atoms with Gasteiger partial charge in [0, 0.05) is 12.1 Å². The molecule has 0 radical (unpaired) electrons. The van der Waals surface area contributed by atoms with Crippen LogP contribution in [0, 0.1) is 0 Å². The fourth-order valence-corrected chi connectivity index (χ4v) is 3.21. The highest BCUT2D eigenvalue weighted by Crippen LogP contribution is 2.32. The molecule has 0 saturated heterocycles. The van der Waals surface area contributed by atoms with Crippen LogP contribution in [0.3, 0.4) is 0 Å². The Morgan fingerprint density at radius 1 is 1.06 bits per heavy atom. The lowest BCUT2D eigenvalue weighted by Crippen LogP contribution is -2.37. The molecule has 0 aromatic heterocycles. The number of nitrogens with zero attached hydrogens (tertiary/aromatic N) is 1. The molecule has 0 fully saturated rings. The Hall–Kier alpha value is -4.07. The molecule has 8 nitrogen and oxygen atoms in total. The van der Waals surface area contributed by atoms with Crippen molar-refractivity contribution in [1.29, 1.82) is 0 Å². The second kappa shape index (κ2) is 9.17. The van der Waals surface area contributed by atoms with E-state index in [2.05, 4.69) is 15.8 Å². The van der Waals surface area contributed by atoms with E-state index < -0.39 is 11.8 Å². The Bertz CT molecular complexity index is 1160. The Balaban J connectivity index is 1.39. The number of hydrazone groups is 1. The minimum Gasteiger partial charge on any atom is -0.493 e. The molecule has 0 aliphatic carbocycles. The molecule has 2 N–H and O–H groups in total. The normalized spacial score (nSPS) is 12.2. The van der Waals surface area contributed by atoms with E-state index in [0.29, 0.717) is 23.9 Å². The van der Waals surface area contributed by atoms with Gasteiger partial charge in [-0.05, 0) is 41.5 Å². The van der Waals surface area contributed by atoms with Gasteiger partial charge in [0.2, 0.25) is 6.79 Å². The highest BCUT2D eigenvalue weighted by atomic mass is 16.7. The van der Waals surface area contributed by atoms with E-state index in [4.69, 9.17) is 14.2 Å². The summed E-state index contributed by atoms with van der Waals surface area (Å²) >= 11 is 0. The highest BCUT2D eigenvalue weighted by Gasteiger charge is 2.16. The number of benzene rings is 3. The first kappa shape index (κ1) is 20.2. The number of fused-ring (bicyclic) bond motifs is 2. The number of carbonyl (C=O) groups excluding carboxylic acids is 2. The van der Waals surface area contributed by atoms with Crippen LogP contribution in [0.25, 0.3) is 10.8 Å². The van der Waals surface area contributed by atoms with Gasteiger partial charge in [-0.25, -0.2) is 5.43 Å². The molecule has 8 heteroatoms. The van der Waals surface area contributed by atoms with Gasteiger partial charge in [-0.3, -0.25) is 9.59 Å². The summed E-state index contributed by atoms with van der Waals surface area (Å²) in [5, 5.41) is 8.45. The summed E-state index contributed by atoms with van der Waals surface area (Å²) in [5.41, 5.74) is 3.77. The maximum atomic E-state index is 12.1. The third-order valence-electron chi connectivity index (χ3n) is 4.69. The number of nitrogens with one attached hydrogen (secondary N) is 2. The molecule has 0 bridgehead atoms. The van der Waals surface area contributed by atoms with E-state index in [9.17, 15) is 9.59 Å². The van der Waals surface area contributed by atoms with Crippen molar-refractivity contribution in [2.24, 2.45) is 5.10 Å². The Labute approximate surface area is 178 Å². The zero-order valence-corrected chi connectivity index (χ0v) is 16.9. The van der Waals surface area contributed by atoms with E-state index >= 15 is 0 Å². The van der Waals surface area contributed by atoms with Crippen molar-refractivity contribution >= 4 is 28.8 Å². The van der Waals surface area contributed by atoms with Crippen molar-refractivity contribution < 1.29 is 23.8 Å². The summed E-state index contributed by atoms with van der Waals surface area (Å²) in [7, 11) is 0. The van der Waals surface area contributed by atoms with Crippen molar-refractivity contribution in [3.8, 4) is 17.2 Å². The van der Waals surface area contributed by atoms with Gasteiger partial charge in [0.05, 0.1) is 12.8 Å². The van der Waals surface area contributed by atoms with Crippen molar-refractivity contribution in [2.45, 2.75) is 13.5 Å². The van der Waals surface area contributed by atoms with Crippen LogP contribution in [0.1, 0.15) is 18.1 Å². The van der Waals surface area contributed by atoms with E-state index in [-0.39, 0.29) is 13.3 Å². The second-order valence-corrected chi connectivity index (χ2v) is 6.70. The second-order valence-electron chi connectivity index (χ2n) is 6.70. The van der Waals surface area contributed by atoms with E-state index in [1.165, 1.54) is 6.21 Å². The van der Waals surface area contributed by atoms with Crippen LogP contribution in [0.2, 0.25) is 0 Å². The number of amides is 2. The van der Waals surface area contributed by atoms with E-state index in [0.717, 1.165) is 21.9 Å². The van der Waals surface area contributed by atoms with Gasteiger partial charge < -0.3 is 19.5 Å². The monoisotopic (exact) mass is 419 g/mol. The van der Waals surface area contributed by atoms with Gasteiger partial charge in [-0.15, -0.1) is 0 Å². The molecule has 1 aliphatic rings. The number of hydrogen-bond acceptors (Lipinski definition) is 6. The molecule has 31 heavy (non-hydrogen) atoms. The summed E-state index contributed by atoms with van der Waals surface area (Å²) < 4.78 is 16.2. The summed E-state index contributed by atoms with van der Waals surface area (Å²) in [6.45, 7) is 2.73. The molecule has 1 heterocycles. The molecule has 158 valence electrons. The van der Waals surface area contributed by atoms with Gasteiger partial charge in [-0.2, -0.15) is 5.10 Å². The Morgan fingerprint density at radius 2 is 1.90 bits per heavy atom. The van der Waals surface area contributed by atoms with Gasteiger partial charge in [0.1, 0.15) is 5.75 Å². The topological polar surface area (TPSA) is 98.2 Å². The van der Waals surface area contributed by atoms with Crippen molar-refractivity contribution in [1.82, 2.24) is 10.7 Å². The van der Waals surface area contributed by atoms with Crippen LogP contribution in [-0.4, -0.2) is 31.4 Å². The average Bonchev–Trinajstić information content (AvgIpc) is 3.26. The predicted octanol–water partition coefficient (Wildman–Crippen LogP) is 2.73. The molecule has 1 aliphatic heterocycles. The van der Waals surface area contributed by atoms with E-state index in [1.807, 2.05) is 43.3 Å². The van der Waals surface area contributed by atoms with Crippen LogP contribution in [0.15, 0.2) is 59.7 Å². The summed E-state index contributed by atoms with van der Waals surface area (Å²) in [4.78, 5) is 24.2. The molecule has 2 amide bonds. The fraction of sp³-hybridized carbons (Fsp3) is 0.174. The van der Waals surface area contributed by atoms with Crippen LogP contribution in [0.4, 0.5) is 0 Å². The molecule has 3 aromatic rings. The van der Waals surface area contributed by atoms with Gasteiger partial charge in [0.15, 0.2) is 11.5 Å². The SMILES string of the molecule is CCOc1ccc2ccccc2c1/C=N\NC(=O)C(=O)NCc1ccc2c(c1)OCO2. The van der Waals surface area contributed by atoms with Crippen LogP contribution in [0.5, 0.6) is 17.2 Å². The summed E-state index contributed by atoms with van der Waals surface area (Å²) in [6.07, 6.45) is 1.48. The quantitative estimate of drug-likeness (QED) is 0.364. The first-order chi connectivity index (χ1) is 15.2. The lowest BCUT2D eigenvalue weighted by Gasteiger charge is -2.10. The molecule has 0 unspecified atom stereocenters. The number of carbonyl (C=O) groups is 2. The molecular weight excluding hydrogens is 398 g/mol. The predicted molar refractivity (Wildman–Crippen MR) is 115 cm³/mol. The lowest BCUT2D eigenvalue weighted by molar-refractivity contribution is -0.139. The zero-order valence-electron chi connectivity index (χ0n) is 16.9. The summed E-state index contributed by atoms with van der Waals surface area (Å²) in [6, 6.07) is 16.9. The smallest absolute Gasteiger partial charge is 0.329 e. The third-order valence-corrected chi connectivity index (χ3v) is 4.69. The van der Waals surface area contributed by atoms with Crippen LogP contribution in [-0.2, 0) is 16.1 Å². The Morgan fingerprint density at radius 3 is 2.77 bits per heavy atom. The lowest BCUT2D eigenvalue weighted by atomic mass is 10.0. The third kappa shape index (κ3) is 4.58. The largest absolute Gasteiger partial charge is 0.493 e. The standard InChI is InChI=1S/C23H21N3O5/c1-2-29-19-10-8-16-5-3-4-6-17(16)18(19)13-25-26-23(28)22(27)24-12-15-7-9-20-21(11-15)31-14-30-20/h3-11,13H,2,12,14H2,1H3,(H,24,27)(H,26,28)/b25-13-. The fourth-order valence-electron chi connectivity index (χ4n) is 3.21. The Kier molecular flexibility index (Phi) is 5.98. The number of rotatable bonds is 6. The zero-order chi connectivity index (χ0) is 21.6. The molecule has 0 atom stereocenters. The molecule has 3 aromatic carbocycles. The average molecular weight is 419 g/mol. The molecular formula is C23H21N3O5. The first-order valence-corrected chi connectivity index (χ1v) is 9.80. The maximum Gasteiger partial charge on any atom is 0.329 e. The van der Waals surface area contributed by atoms with Crippen LogP contribution < -0.4 is 25.0 Å². The van der Waals surface area contributed by atoms with Crippen molar-refractivity contribution in [3.63, 3.8) is 0 Å². The maximum absolute atomic E-state index is 12.1. The molecule has 0 spiro atoms. The first-order valence-electron chi connectivity index (χ1n) is 9.80. The molecule has 4 rings (SSSR count). The highest BCUT2D eigenvalue weighted by molar-refractivity contribution is 6.35. The van der Waals surface area contributed by atoms with Gasteiger partial charge in [-0.1, -0.05) is 36.4 Å². The van der Waals surface area contributed by atoms with E-state index in [1.54, 1.807) is 18.2 Å². The number of ether oxygens (including phenoxy) is 3.